The van der Waals surface area contributed by atoms with E-state index in [1.54, 1.807) is 6.08 Å². The number of hydrogen-bond donors (Lipinski definition) is 3. The molecular formula is C58H113NO5. The lowest BCUT2D eigenvalue weighted by atomic mass is 10.0. The highest BCUT2D eigenvalue weighted by molar-refractivity contribution is 5.76. The second-order valence-electron chi connectivity index (χ2n) is 20.0. The van der Waals surface area contributed by atoms with Crippen LogP contribution >= 0.6 is 0 Å². The summed E-state index contributed by atoms with van der Waals surface area (Å²) in [6.45, 7) is 4.91. The summed E-state index contributed by atoms with van der Waals surface area (Å²) < 4.78 is 5.46. The van der Waals surface area contributed by atoms with Gasteiger partial charge in [0.2, 0.25) is 5.91 Å². The first-order valence-corrected chi connectivity index (χ1v) is 29.0. The van der Waals surface area contributed by atoms with E-state index in [1.807, 2.05) is 6.08 Å². The molecule has 0 aliphatic heterocycles. The highest BCUT2D eigenvalue weighted by Crippen LogP contribution is 2.17. The van der Waals surface area contributed by atoms with Crippen molar-refractivity contribution in [3.63, 3.8) is 0 Å². The minimum atomic E-state index is -0.847. The van der Waals surface area contributed by atoms with Crippen molar-refractivity contribution in [3.05, 3.63) is 12.2 Å². The van der Waals surface area contributed by atoms with Crippen molar-refractivity contribution >= 4 is 11.9 Å². The van der Waals surface area contributed by atoms with Crippen molar-refractivity contribution in [2.45, 2.75) is 334 Å². The number of aliphatic hydroxyl groups is 2. The smallest absolute Gasteiger partial charge is 0.305 e. The maximum absolute atomic E-state index is 12.5. The van der Waals surface area contributed by atoms with Gasteiger partial charge in [0.25, 0.3) is 0 Å². The molecule has 1 amide bonds. The Bertz CT molecular complexity index is 955. The van der Waals surface area contributed by atoms with E-state index in [9.17, 15) is 19.8 Å². The maximum Gasteiger partial charge on any atom is 0.305 e. The first-order chi connectivity index (χ1) is 31.5. The molecule has 2 atom stereocenters. The van der Waals surface area contributed by atoms with Crippen molar-refractivity contribution < 1.29 is 24.5 Å². The first-order valence-electron chi connectivity index (χ1n) is 29.0. The van der Waals surface area contributed by atoms with Crippen LogP contribution in [0.2, 0.25) is 0 Å². The third kappa shape index (κ3) is 50.0. The lowest BCUT2D eigenvalue weighted by molar-refractivity contribution is -0.143. The quantitative estimate of drug-likeness (QED) is 0.0321. The molecule has 64 heavy (non-hydrogen) atoms. The zero-order valence-corrected chi connectivity index (χ0v) is 43.3. The van der Waals surface area contributed by atoms with Crippen LogP contribution in [0.25, 0.3) is 0 Å². The van der Waals surface area contributed by atoms with Crippen LogP contribution in [0, 0.1) is 0 Å². The van der Waals surface area contributed by atoms with Crippen LogP contribution in [-0.4, -0.2) is 47.4 Å². The fraction of sp³-hybridized carbons (Fsp3) is 0.931. The van der Waals surface area contributed by atoms with Gasteiger partial charge in [0.1, 0.15) is 0 Å². The van der Waals surface area contributed by atoms with E-state index in [4.69, 9.17) is 4.74 Å². The van der Waals surface area contributed by atoms with Gasteiger partial charge in [-0.1, -0.05) is 289 Å². The number of carbonyl (C=O) groups is 2. The number of rotatable bonds is 54. The molecule has 0 saturated heterocycles. The Morgan fingerprint density at radius 1 is 0.422 bits per heavy atom. The Morgan fingerprint density at radius 2 is 0.719 bits per heavy atom. The molecule has 0 saturated carbocycles. The predicted octanol–water partition coefficient (Wildman–Crippen LogP) is 17.7. The molecule has 6 nitrogen and oxygen atoms in total. The maximum atomic E-state index is 12.5. The molecule has 0 heterocycles. The van der Waals surface area contributed by atoms with Crippen LogP contribution in [-0.2, 0) is 14.3 Å². The summed E-state index contributed by atoms with van der Waals surface area (Å²) in [5.41, 5.74) is 0. The number of allylic oxidation sites excluding steroid dienone is 1. The fourth-order valence-corrected chi connectivity index (χ4v) is 9.11. The minimum Gasteiger partial charge on any atom is -0.466 e. The van der Waals surface area contributed by atoms with E-state index in [-0.39, 0.29) is 18.5 Å². The van der Waals surface area contributed by atoms with E-state index in [2.05, 4.69) is 19.2 Å². The monoisotopic (exact) mass is 904 g/mol. The van der Waals surface area contributed by atoms with Gasteiger partial charge in [0, 0.05) is 12.8 Å². The Balaban J connectivity index is 3.45. The zero-order valence-electron chi connectivity index (χ0n) is 43.3. The van der Waals surface area contributed by atoms with Crippen molar-refractivity contribution in [2.24, 2.45) is 0 Å². The molecular weight excluding hydrogens is 791 g/mol. The van der Waals surface area contributed by atoms with Gasteiger partial charge >= 0.3 is 5.97 Å². The second-order valence-corrected chi connectivity index (χ2v) is 20.0. The van der Waals surface area contributed by atoms with E-state index >= 15 is 0 Å². The summed E-state index contributed by atoms with van der Waals surface area (Å²) in [5.74, 6) is -0.0656. The largest absolute Gasteiger partial charge is 0.466 e. The molecule has 0 aromatic heterocycles. The van der Waals surface area contributed by atoms with Crippen molar-refractivity contribution in [1.29, 1.82) is 0 Å². The van der Waals surface area contributed by atoms with Gasteiger partial charge in [0.15, 0.2) is 0 Å². The summed E-state index contributed by atoms with van der Waals surface area (Å²) in [6.07, 6.45) is 63.7. The summed E-state index contributed by atoms with van der Waals surface area (Å²) in [5, 5.41) is 23.2. The van der Waals surface area contributed by atoms with Gasteiger partial charge in [-0.3, -0.25) is 9.59 Å². The molecule has 0 aliphatic carbocycles. The van der Waals surface area contributed by atoms with Crippen molar-refractivity contribution in [2.75, 3.05) is 13.2 Å². The highest BCUT2D eigenvalue weighted by Gasteiger charge is 2.18. The number of aliphatic hydroxyl groups excluding tert-OH is 2. The van der Waals surface area contributed by atoms with Crippen LogP contribution in [0.5, 0.6) is 0 Å². The molecule has 0 bridgehead atoms. The van der Waals surface area contributed by atoms with Crippen LogP contribution in [0.3, 0.4) is 0 Å². The van der Waals surface area contributed by atoms with Gasteiger partial charge in [-0.2, -0.15) is 0 Å². The number of hydrogen-bond acceptors (Lipinski definition) is 5. The number of esters is 1. The van der Waals surface area contributed by atoms with E-state index < -0.39 is 12.1 Å². The number of unbranched alkanes of at least 4 members (excludes halogenated alkanes) is 43. The number of nitrogens with one attached hydrogen (secondary N) is 1. The van der Waals surface area contributed by atoms with Gasteiger partial charge in [0.05, 0.1) is 25.4 Å². The Morgan fingerprint density at radius 3 is 1.06 bits per heavy atom. The number of ether oxygens (including phenoxy) is 1. The Kier molecular flexibility index (Phi) is 53.0. The predicted molar refractivity (Wildman–Crippen MR) is 278 cm³/mol. The topological polar surface area (TPSA) is 95.9 Å². The Labute approximate surface area is 399 Å². The molecule has 2 unspecified atom stereocenters. The lowest BCUT2D eigenvalue weighted by Gasteiger charge is -2.20. The summed E-state index contributed by atoms with van der Waals surface area (Å²) >= 11 is 0. The minimum absolute atomic E-state index is 0.00471. The lowest BCUT2D eigenvalue weighted by Crippen LogP contribution is -2.45. The van der Waals surface area contributed by atoms with Crippen molar-refractivity contribution in [1.82, 2.24) is 5.32 Å². The van der Waals surface area contributed by atoms with Crippen LogP contribution in [0.15, 0.2) is 12.2 Å². The van der Waals surface area contributed by atoms with Gasteiger partial charge < -0.3 is 20.3 Å². The van der Waals surface area contributed by atoms with E-state index in [0.717, 1.165) is 44.9 Å². The molecule has 0 spiro atoms. The standard InChI is InChI=1S/C58H113NO5/c1-3-5-7-9-11-13-15-16-17-18-19-21-24-27-31-34-38-42-46-50-56(61)55(54-60)59-57(62)51-47-43-39-35-32-28-25-22-20-23-26-29-33-37-41-45-49-53-64-58(63)52-48-44-40-36-30-14-12-10-8-6-4-2/h46,50,55-56,60-61H,3-45,47-49,51-54H2,1-2H3,(H,59,62)/b50-46+. The molecule has 3 N–H and O–H groups in total. The second kappa shape index (κ2) is 54.2. The molecule has 380 valence electrons. The number of carbonyl (C=O) groups excluding carboxylic acids is 2. The van der Waals surface area contributed by atoms with Gasteiger partial charge in [-0.05, 0) is 32.1 Å². The van der Waals surface area contributed by atoms with Crippen LogP contribution in [0.1, 0.15) is 322 Å². The molecule has 0 radical (unpaired) electrons. The van der Waals surface area contributed by atoms with Gasteiger partial charge in [-0.15, -0.1) is 0 Å². The van der Waals surface area contributed by atoms with E-state index in [1.165, 1.54) is 250 Å². The zero-order chi connectivity index (χ0) is 46.5. The van der Waals surface area contributed by atoms with Crippen LogP contribution in [0.4, 0.5) is 0 Å². The van der Waals surface area contributed by atoms with E-state index in [0.29, 0.717) is 19.4 Å². The van der Waals surface area contributed by atoms with Crippen LogP contribution < -0.4 is 5.32 Å². The number of amides is 1. The third-order valence-corrected chi connectivity index (χ3v) is 13.6. The molecule has 0 aromatic rings. The average Bonchev–Trinajstić information content (AvgIpc) is 3.29. The SMILES string of the molecule is CCCCCCCCCCCCCCCCCCC/C=C/C(O)C(CO)NC(=O)CCCCCCCCCCCCCCCCCCCOC(=O)CCCCCCCCCCCCC. The summed E-state index contributed by atoms with van der Waals surface area (Å²) in [4.78, 5) is 24.5. The van der Waals surface area contributed by atoms with Gasteiger partial charge in [-0.25, -0.2) is 0 Å². The molecule has 0 aromatic carbocycles. The first kappa shape index (κ1) is 62.6. The average molecular weight is 905 g/mol. The molecule has 0 rings (SSSR count). The fourth-order valence-electron chi connectivity index (χ4n) is 9.11. The molecule has 0 fully saturated rings. The molecule has 0 aliphatic rings. The normalized spacial score (nSPS) is 12.6. The molecule has 6 heteroatoms. The summed E-state index contributed by atoms with van der Waals surface area (Å²) in [7, 11) is 0. The Hall–Kier alpha value is -1.40. The highest BCUT2D eigenvalue weighted by atomic mass is 16.5. The third-order valence-electron chi connectivity index (χ3n) is 13.6. The summed E-state index contributed by atoms with van der Waals surface area (Å²) in [6, 6.07) is -0.631. The van der Waals surface area contributed by atoms with Crippen molar-refractivity contribution in [3.8, 4) is 0 Å².